The largest absolute Gasteiger partial charge is 0.330 e. The second kappa shape index (κ2) is 5.68. The van der Waals surface area contributed by atoms with Crippen molar-refractivity contribution in [1.82, 2.24) is 0 Å². The number of fused-ring (bicyclic) bond motifs is 1. The molecule has 3 aromatic rings. The first-order valence-electron chi connectivity index (χ1n) is 7.28. The highest BCUT2D eigenvalue weighted by Gasteiger charge is 2.28. The molecule has 0 spiro atoms. The summed E-state index contributed by atoms with van der Waals surface area (Å²) in [6, 6.07) is 25.0. The van der Waals surface area contributed by atoms with E-state index < -0.39 is 5.54 Å². The van der Waals surface area contributed by atoms with Gasteiger partial charge in [-0.3, -0.25) is 0 Å². The van der Waals surface area contributed by atoms with Gasteiger partial charge in [-0.15, -0.1) is 0 Å². The van der Waals surface area contributed by atoms with Crippen molar-refractivity contribution in [2.24, 2.45) is 11.5 Å². The Morgan fingerprint density at radius 3 is 2.10 bits per heavy atom. The van der Waals surface area contributed by atoms with Gasteiger partial charge >= 0.3 is 0 Å². The van der Waals surface area contributed by atoms with Crippen molar-refractivity contribution in [3.8, 4) is 0 Å². The monoisotopic (exact) mass is 276 g/mol. The zero-order valence-corrected chi connectivity index (χ0v) is 12.0. The van der Waals surface area contributed by atoms with Crippen LogP contribution >= 0.6 is 0 Å². The lowest BCUT2D eigenvalue weighted by Gasteiger charge is -2.30. The predicted molar refractivity (Wildman–Crippen MR) is 89.0 cm³/mol. The summed E-state index contributed by atoms with van der Waals surface area (Å²) >= 11 is 0. The molecule has 3 rings (SSSR count). The SMILES string of the molecule is NCCC(N)(c1ccccc1)c1ccc2ccccc2c1. The van der Waals surface area contributed by atoms with Gasteiger partial charge in [-0.25, -0.2) is 0 Å². The normalized spacial score (nSPS) is 14.0. The number of hydrogen-bond donors (Lipinski definition) is 2. The minimum atomic E-state index is -0.542. The molecule has 0 amide bonds. The third-order valence-electron chi connectivity index (χ3n) is 4.09. The molecule has 0 aromatic heterocycles. The van der Waals surface area contributed by atoms with E-state index in [-0.39, 0.29) is 0 Å². The minimum absolute atomic E-state index is 0.542. The van der Waals surface area contributed by atoms with Crippen molar-refractivity contribution in [3.63, 3.8) is 0 Å². The van der Waals surface area contributed by atoms with E-state index in [0.29, 0.717) is 6.54 Å². The van der Waals surface area contributed by atoms with E-state index in [9.17, 15) is 0 Å². The Kier molecular flexibility index (Phi) is 3.74. The van der Waals surface area contributed by atoms with E-state index in [1.165, 1.54) is 10.8 Å². The maximum Gasteiger partial charge on any atom is 0.0677 e. The van der Waals surface area contributed by atoms with Crippen molar-refractivity contribution in [2.45, 2.75) is 12.0 Å². The average molecular weight is 276 g/mol. The fourth-order valence-corrected chi connectivity index (χ4v) is 2.89. The molecule has 0 radical (unpaired) electrons. The van der Waals surface area contributed by atoms with Crippen molar-refractivity contribution in [3.05, 3.63) is 83.9 Å². The summed E-state index contributed by atoms with van der Waals surface area (Å²) in [6.45, 7) is 0.554. The van der Waals surface area contributed by atoms with Gasteiger partial charge in [-0.05, 0) is 40.9 Å². The van der Waals surface area contributed by atoms with Gasteiger partial charge in [0.25, 0.3) is 0 Å². The average Bonchev–Trinajstić information content (AvgIpc) is 2.55. The Morgan fingerprint density at radius 1 is 0.714 bits per heavy atom. The molecule has 3 aromatic carbocycles. The minimum Gasteiger partial charge on any atom is -0.330 e. The molecule has 21 heavy (non-hydrogen) atoms. The molecule has 106 valence electrons. The fourth-order valence-electron chi connectivity index (χ4n) is 2.89. The summed E-state index contributed by atoms with van der Waals surface area (Å²) in [6.07, 6.45) is 0.718. The number of benzene rings is 3. The molecule has 0 aliphatic rings. The summed E-state index contributed by atoms with van der Waals surface area (Å²) in [4.78, 5) is 0. The highest BCUT2D eigenvalue weighted by atomic mass is 14.8. The van der Waals surface area contributed by atoms with Crippen LogP contribution in [0.4, 0.5) is 0 Å². The first kappa shape index (κ1) is 13.8. The van der Waals surface area contributed by atoms with Gasteiger partial charge in [0.05, 0.1) is 5.54 Å². The van der Waals surface area contributed by atoms with Gasteiger partial charge in [0.15, 0.2) is 0 Å². The van der Waals surface area contributed by atoms with Crippen molar-refractivity contribution in [2.75, 3.05) is 6.54 Å². The molecule has 2 nitrogen and oxygen atoms in total. The van der Waals surface area contributed by atoms with Gasteiger partial charge in [0.2, 0.25) is 0 Å². The third-order valence-corrected chi connectivity index (χ3v) is 4.09. The lowest BCUT2D eigenvalue weighted by atomic mass is 9.80. The van der Waals surface area contributed by atoms with E-state index in [1.54, 1.807) is 0 Å². The summed E-state index contributed by atoms with van der Waals surface area (Å²) in [5.41, 5.74) is 14.3. The Labute approximate surface area is 125 Å². The van der Waals surface area contributed by atoms with Crippen LogP contribution in [0.5, 0.6) is 0 Å². The van der Waals surface area contributed by atoms with Crippen LogP contribution in [-0.4, -0.2) is 6.54 Å². The van der Waals surface area contributed by atoms with E-state index in [4.69, 9.17) is 11.5 Å². The third kappa shape index (κ3) is 2.56. The van der Waals surface area contributed by atoms with E-state index in [1.807, 2.05) is 18.2 Å². The summed E-state index contributed by atoms with van der Waals surface area (Å²) in [5, 5.41) is 2.43. The molecule has 4 N–H and O–H groups in total. The van der Waals surface area contributed by atoms with Crippen LogP contribution in [0.3, 0.4) is 0 Å². The lowest BCUT2D eigenvalue weighted by Crippen LogP contribution is -2.40. The first-order valence-corrected chi connectivity index (χ1v) is 7.28. The van der Waals surface area contributed by atoms with Gasteiger partial charge < -0.3 is 11.5 Å². The van der Waals surface area contributed by atoms with Crippen molar-refractivity contribution >= 4 is 10.8 Å². The predicted octanol–water partition coefficient (Wildman–Crippen LogP) is 3.39. The molecular formula is C19H20N2. The molecule has 0 aliphatic carbocycles. The Hall–Kier alpha value is -2.16. The Bertz CT molecular complexity index is 737. The number of nitrogens with two attached hydrogens (primary N) is 2. The maximum atomic E-state index is 6.76. The number of hydrogen-bond acceptors (Lipinski definition) is 2. The van der Waals surface area contributed by atoms with E-state index in [0.717, 1.165) is 17.5 Å². The van der Waals surface area contributed by atoms with Crippen LogP contribution in [0.15, 0.2) is 72.8 Å². The second-order valence-corrected chi connectivity index (χ2v) is 5.44. The van der Waals surface area contributed by atoms with Crippen molar-refractivity contribution in [1.29, 1.82) is 0 Å². The Morgan fingerprint density at radius 2 is 1.38 bits per heavy atom. The van der Waals surface area contributed by atoms with Crippen LogP contribution in [0.1, 0.15) is 17.5 Å². The maximum absolute atomic E-state index is 6.76. The zero-order valence-electron chi connectivity index (χ0n) is 12.0. The molecule has 0 fully saturated rings. The molecule has 0 saturated carbocycles. The quantitative estimate of drug-likeness (QED) is 0.767. The number of rotatable bonds is 4. The molecule has 0 aliphatic heterocycles. The van der Waals surface area contributed by atoms with E-state index in [2.05, 4.69) is 54.6 Å². The summed E-state index contributed by atoms with van der Waals surface area (Å²) < 4.78 is 0. The van der Waals surface area contributed by atoms with E-state index >= 15 is 0 Å². The van der Waals surface area contributed by atoms with Crippen LogP contribution < -0.4 is 11.5 Å². The van der Waals surface area contributed by atoms with Crippen LogP contribution in [0, 0.1) is 0 Å². The topological polar surface area (TPSA) is 52.0 Å². The molecule has 1 unspecified atom stereocenters. The fraction of sp³-hybridized carbons (Fsp3) is 0.158. The van der Waals surface area contributed by atoms with Crippen LogP contribution in [-0.2, 0) is 5.54 Å². The van der Waals surface area contributed by atoms with Gasteiger partial charge in [-0.1, -0.05) is 66.7 Å². The molecular weight excluding hydrogens is 256 g/mol. The zero-order chi connectivity index (χ0) is 14.7. The molecule has 0 heterocycles. The standard InChI is InChI=1S/C19H20N2/c20-13-12-19(21,17-8-2-1-3-9-17)18-11-10-15-6-4-5-7-16(15)14-18/h1-11,14H,12-13,20-21H2. The summed E-state index contributed by atoms with van der Waals surface area (Å²) in [7, 11) is 0. The highest BCUT2D eigenvalue weighted by molar-refractivity contribution is 5.83. The second-order valence-electron chi connectivity index (χ2n) is 5.44. The molecule has 2 heteroatoms. The lowest BCUT2D eigenvalue weighted by molar-refractivity contribution is 0.500. The first-order chi connectivity index (χ1) is 10.2. The van der Waals surface area contributed by atoms with Gasteiger partial charge in [0.1, 0.15) is 0 Å². The smallest absolute Gasteiger partial charge is 0.0677 e. The molecule has 0 bridgehead atoms. The van der Waals surface area contributed by atoms with Gasteiger partial charge in [0, 0.05) is 0 Å². The highest BCUT2D eigenvalue weighted by Crippen LogP contribution is 2.31. The molecule has 1 atom stereocenters. The summed E-state index contributed by atoms with van der Waals surface area (Å²) in [5.74, 6) is 0. The van der Waals surface area contributed by atoms with Gasteiger partial charge in [-0.2, -0.15) is 0 Å². The van der Waals surface area contributed by atoms with Crippen molar-refractivity contribution < 1.29 is 0 Å². The molecule has 0 saturated heterocycles. The Balaban J connectivity index is 2.15. The van der Waals surface area contributed by atoms with Crippen LogP contribution in [0.2, 0.25) is 0 Å². The van der Waals surface area contributed by atoms with Crippen LogP contribution in [0.25, 0.3) is 10.8 Å².